The molecule has 0 saturated carbocycles. The molecule has 1 heterocycles. The quantitative estimate of drug-likeness (QED) is 0.466. The zero-order valence-electron chi connectivity index (χ0n) is 11.7. The van der Waals surface area contributed by atoms with E-state index < -0.39 is 4.92 Å². The Morgan fingerprint density at radius 3 is 3.00 bits per heavy atom. The van der Waals surface area contributed by atoms with Gasteiger partial charge in [-0.25, -0.2) is 5.43 Å². The van der Waals surface area contributed by atoms with E-state index >= 15 is 0 Å². The highest BCUT2D eigenvalue weighted by Crippen LogP contribution is 2.14. The van der Waals surface area contributed by atoms with E-state index in [9.17, 15) is 14.9 Å². The molecule has 0 radical (unpaired) electrons. The van der Waals surface area contributed by atoms with Gasteiger partial charge in [-0.05, 0) is 11.6 Å². The summed E-state index contributed by atoms with van der Waals surface area (Å²) in [6.45, 7) is 0. The molecular weight excluding hydrogens is 320 g/mol. The number of nitrogens with zero attached hydrogens (tertiary/aromatic N) is 4. The maximum Gasteiger partial charge on any atom is 0.270 e. The van der Waals surface area contributed by atoms with E-state index in [4.69, 9.17) is 5.73 Å². The molecular formula is C13H12N6O3S. The second-order valence-corrected chi connectivity index (χ2v) is 5.33. The highest BCUT2D eigenvalue weighted by atomic mass is 32.1. The molecule has 0 spiro atoms. The number of non-ortho nitro benzene ring substituents is 1. The Hall–Kier alpha value is -3.14. The van der Waals surface area contributed by atoms with Crippen LogP contribution in [0, 0.1) is 10.1 Å². The minimum Gasteiger partial charge on any atom is -0.374 e. The summed E-state index contributed by atoms with van der Waals surface area (Å²) in [5, 5.41) is 22.5. The van der Waals surface area contributed by atoms with Gasteiger partial charge in [0.25, 0.3) is 5.69 Å². The molecule has 0 aliphatic heterocycles. The van der Waals surface area contributed by atoms with Crippen molar-refractivity contribution in [3.05, 3.63) is 51.0 Å². The first kappa shape index (κ1) is 16.2. The molecule has 0 aliphatic carbocycles. The second kappa shape index (κ2) is 7.75. The Kier molecular flexibility index (Phi) is 5.47. The molecule has 2 aromatic rings. The van der Waals surface area contributed by atoms with Crippen LogP contribution in [-0.4, -0.2) is 27.2 Å². The van der Waals surface area contributed by atoms with Crippen LogP contribution in [0.25, 0.3) is 6.08 Å². The third-order valence-corrected chi connectivity index (χ3v) is 3.27. The van der Waals surface area contributed by atoms with Crippen molar-refractivity contribution in [3.8, 4) is 0 Å². The van der Waals surface area contributed by atoms with E-state index in [1.165, 1.54) is 18.3 Å². The van der Waals surface area contributed by atoms with Crippen LogP contribution >= 0.6 is 11.3 Å². The maximum atomic E-state index is 11.5. The monoisotopic (exact) mass is 332 g/mol. The van der Waals surface area contributed by atoms with Gasteiger partial charge in [0.2, 0.25) is 11.0 Å². The van der Waals surface area contributed by atoms with Gasteiger partial charge in [0.15, 0.2) is 0 Å². The van der Waals surface area contributed by atoms with E-state index in [-0.39, 0.29) is 18.0 Å². The number of nitrogens with one attached hydrogen (secondary N) is 1. The highest BCUT2D eigenvalue weighted by molar-refractivity contribution is 7.15. The lowest BCUT2D eigenvalue weighted by molar-refractivity contribution is -0.384. The molecule has 118 valence electrons. The third-order valence-electron chi connectivity index (χ3n) is 2.51. The summed E-state index contributed by atoms with van der Waals surface area (Å²) in [5.41, 5.74) is 8.40. The summed E-state index contributed by atoms with van der Waals surface area (Å²) in [6, 6.07) is 6.15. The lowest BCUT2D eigenvalue weighted by atomic mass is 10.2. The Bertz CT molecular complexity index is 771. The van der Waals surface area contributed by atoms with Crippen molar-refractivity contribution in [1.29, 1.82) is 0 Å². The number of hydrogen-bond acceptors (Lipinski definition) is 8. The molecule has 1 aromatic carbocycles. The fourth-order valence-corrected chi connectivity index (χ4v) is 2.17. The number of hydrogen-bond donors (Lipinski definition) is 2. The van der Waals surface area contributed by atoms with Crippen molar-refractivity contribution in [2.45, 2.75) is 6.42 Å². The number of nitrogens with two attached hydrogens (primary N) is 1. The predicted octanol–water partition coefficient (Wildman–Crippen LogP) is 1.39. The summed E-state index contributed by atoms with van der Waals surface area (Å²) < 4.78 is 0. The highest BCUT2D eigenvalue weighted by Gasteiger charge is 2.06. The number of benzene rings is 1. The van der Waals surface area contributed by atoms with Crippen LogP contribution in [0.3, 0.4) is 0 Å². The predicted molar refractivity (Wildman–Crippen MR) is 86.8 cm³/mol. The first-order chi connectivity index (χ1) is 11.0. The summed E-state index contributed by atoms with van der Waals surface area (Å²) in [6.07, 6.45) is 4.60. The Morgan fingerprint density at radius 1 is 1.48 bits per heavy atom. The van der Waals surface area contributed by atoms with Crippen LogP contribution < -0.4 is 11.2 Å². The number of hydrazone groups is 1. The number of amides is 1. The molecule has 2 rings (SSSR count). The number of nitrogen functional groups attached to an aromatic ring is 1. The van der Waals surface area contributed by atoms with Crippen LogP contribution in [0.4, 0.5) is 10.8 Å². The molecule has 9 nitrogen and oxygen atoms in total. The summed E-state index contributed by atoms with van der Waals surface area (Å²) in [5.74, 6) is -0.346. The number of allylic oxidation sites excluding steroid dienone is 1. The largest absolute Gasteiger partial charge is 0.374 e. The number of nitro groups is 1. The van der Waals surface area contributed by atoms with Crippen molar-refractivity contribution in [2.24, 2.45) is 5.10 Å². The molecule has 1 amide bonds. The van der Waals surface area contributed by atoms with E-state index in [1.807, 2.05) is 0 Å². The van der Waals surface area contributed by atoms with Crippen LogP contribution in [0.15, 0.2) is 35.4 Å². The third kappa shape index (κ3) is 5.28. The van der Waals surface area contributed by atoms with Gasteiger partial charge in [0, 0.05) is 18.3 Å². The lowest BCUT2D eigenvalue weighted by Crippen LogP contribution is -2.19. The molecule has 0 aliphatic rings. The van der Waals surface area contributed by atoms with Gasteiger partial charge in [-0.3, -0.25) is 14.9 Å². The summed E-state index contributed by atoms with van der Waals surface area (Å²) in [4.78, 5) is 21.7. The SMILES string of the molecule is Nc1nnc(CC(=O)N/N=C/C=C\c2cccc([N+](=O)[O-])c2)s1. The topological polar surface area (TPSA) is 136 Å². The molecule has 0 bridgehead atoms. The van der Waals surface area contributed by atoms with Crippen molar-refractivity contribution in [3.63, 3.8) is 0 Å². The molecule has 0 unspecified atom stereocenters. The van der Waals surface area contributed by atoms with Crippen LogP contribution in [0.2, 0.25) is 0 Å². The van der Waals surface area contributed by atoms with Gasteiger partial charge >= 0.3 is 0 Å². The normalized spacial score (nSPS) is 11.1. The fraction of sp³-hybridized carbons (Fsp3) is 0.0769. The number of anilines is 1. The number of carbonyl (C=O) groups excluding carboxylic acids is 1. The minimum absolute atomic E-state index is 0.00808. The first-order valence-electron chi connectivity index (χ1n) is 6.35. The molecule has 10 heteroatoms. The lowest BCUT2D eigenvalue weighted by Gasteiger charge is -1.95. The van der Waals surface area contributed by atoms with Gasteiger partial charge in [-0.2, -0.15) is 5.10 Å². The van der Waals surface area contributed by atoms with Crippen LogP contribution in [0.5, 0.6) is 0 Å². The van der Waals surface area contributed by atoms with Gasteiger partial charge in [0.05, 0.1) is 11.3 Å². The standard InChI is InChI=1S/C13H12N6O3S/c14-13-18-17-12(23-13)8-11(20)16-15-6-2-4-9-3-1-5-10(7-9)19(21)22/h1-7H,8H2,(H2,14,18)(H,16,20)/b4-2-,15-6+. The first-order valence-corrected chi connectivity index (χ1v) is 7.17. The van der Waals surface area contributed by atoms with Gasteiger partial charge in [0.1, 0.15) is 5.01 Å². The molecule has 3 N–H and O–H groups in total. The smallest absolute Gasteiger partial charge is 0.270 e. The van der Waals surface area contributed by atoms with E-state index in [0.717, 1.165) is 11.3 Å². The zero-order chi connectivity index (χ0) is 16.7. The number of rotatable bonds is 6. The Labute approximate surface area is 134 Å². The van der Waals surface area contributed by atoms with Crippen molar-refractivity contribution >= 4 is 40.4 Å². The molecule has 23 heavy (non-hydrogen) atoms. The van der Waals surface area contributed by atoms with E-state index in [1.54, 1.807) is 24.3 Å². The summed E-state index contributed by atoms with van der Waals surface area (Å²) in [7, 11) is 0. The number of aromatic nitrogens is 2. The van der Waals surface area contributed by atoms with Gasteiger partial charge < -0.3 is 5.73 Å². The van der Waals surface area contributed by atoms with Crippen molar-refractivity contribution in [2.75, 3.05) is 5.73 Å². The van der Waals surface area contributed by atoms with Gasteiger partial charge in [-0.1, -0.05) is 29.5 Å². The van der Waals surface area contributed by atoms with Crippen LogP contribution in [0.1, 0.15) is 10.6 Å². The molecule has 0 fully saturated rings. The minimum atomic E-state index is -0.466. The fourth-order valence-electron chi connectivity index (χ4n) is 1.56. The number of nitro benzene ring substituents is 1. The van der Waals surface area contributed by atoms with Crippen molar-refractivity contribution in [1.82, 2.24) is 15.6 Å². The van der Waals surface area contributed by atoms with E-state index in [2.05, 4.69) is 20.7 Å². The average Bonchev–Trinajstić information content (AvgIpc) is 2.92. The molecule has 1 aromatic heterocycles. The summed E-state index contributed by atoms with van der Waals surface area (Å²) >= 11 is 1.13. The van der Waals surface area contributed by atoms with Crippen molar-refractivity contribution < 1.29 is 9.72 Å². The maximum absolute atomic E-state index is 11.5. The average molecular weight is 332 g/mol. The Morgan fingerprint density at radius 2 is 2.30 bits per heavy atom. The zero-order valence-corrected chi connectivity index (χ0v) is 12.6. The molecule has 0 atom stereocenters. The Balaban J connectivity index is 1.83. The van der Waals surface area contributed by atoms with Crippen LogP contribution in [-0.2, 0) is 11.2 Å². The second-order valence-electron chi connectivity index (χ2n) is 4.24. The number of carbonyl (C=O) groups is 1. The van der Waals surface area contributed by atoms with Gasteiger partial charge in [-0.15, -0.1) is 10.2 Å². The molecule has 0 saturated heterocycles. The van der Waals surface area contributed by atoms with E-state index in [0.29, 0.717) is 15.7 Å².